The second kappa shape index (κ2) is 8.82. The number of nitrogens with zero attached hydrogens (tertiary/aromatic N) is 1. The molecule has 0 unspecified atom stereocenters. The summed E-state index contributed by atoms with van der Waals surface area (Å²) in [5.74, 6) is -0.451. The fraction of sp³-hybridized carbons (Fsp3) is 0.619. The fourth-order valence-corrected chi connectivity index (χ4v) is 4.37. The van der Waals surface area contributed by atoms with E-state index in [1.807, 2.05) is 6.07 Å². The van der Waals surface area contributed by atoms with E-state index >= 15 is 0 Å². The zero-order valence-electron chi connectivity index (χ0n) is 16.4. The van der Waals surface area contributed by atoms with Gasteiger partial charge in [0.25, 0.3) is 0 Å². The number of aliphatic carboxylic acids is 1. The summed E-state index contributed by atoms with van der Waals surface area (Å²) < 4.78 is 5.22. The van der Waals surface area contributed by atoms with Crippen molar-refractivity contribution >= 4 is 12.0 Å². The average Bonchev–Trinajstić information content (AvgIpc) is 2.70. The molecule has 2 fully saturated rings. The molecule has 1 aromatic carbocycles. The first-order chi connectivity index (χ1) is 13.4. The second-order valence-corrected chi connectivity index (χ2v) is 8.00. The molecule has 1 heterocycles. The Kier molecular flexibility index (Phi) is 6.44. The second-order valence-electron chi connectivity index (χ2n) is 8.00. The molecule has 0 radical (unpaired) electrons. The normalized spacial score (nSPS) is 25.9. The van der Waals surface area contributed by atoms with Gasteiger partial charge in [0.1, 0.15) is 11.2 Å². The maximum atomic E-state index is 12.8. The Labute approximate surface area is 165 Å². The Hall–Kier alpha value is -2.28. The minimum absolute atomic E-state index is 0.0146. The molecule has 7 heteroatoms. The van der Waals surface area contributed by atoms with E-state index in [1.165, 1.54) is 6.42 Å². The van der Waals surface area contributed by atoms with Gasteiger partial charge in [-0.1, -0.05) is 31.4 Å². The molecule has 0 aromatic heterocycles. The van der Waals surface area contributed by atoms with E-state index in [-0.39, 0.29) is 31.5 Å². The first kappa shape index (κ1) is 20.5. The van der Waals surface area contributed by atoms with Crippen LogP contribution in [-0.4, -0.2) is 59.5 Å². The number of likely N-dealkylation sites (tertiary alicyclic amines) is 1. The number of carbonyl (C=O) groups excluding carboxylic acids is 1. The van der Waals surface area contributed by atoms with Crippen LogP contribution in [0.5, 0.6) is 5.75 Å². The summed E-state index contributed by atoms with van der Waals surface area (Å²) >= 11 is 0. The van der Waals surface area contributed by atoms with Gasteiger partial charge in [-0.2, -0.15) is 0 Å². The first-order valence-corrected chi connectivity index (χ1v) is 10.0. The van der Waals surface area contributed by atoms with Gasteiger partial charge in [-0.25, -0.2) is 4.79 Å². The van der Waals surface area contributed by atoms with Gasteiger partial charge >= 0.3 is 12.0 Å². The van der Waals surface area contributed by atoms with Crippen molar-refractivity contribution in [3.8, 4) is 5.75 Å². The molecule has 0 spiro atoms. The van der Waals surface area contributed by atoms with Crippen LogP contribution in [-0.2, 0) is 11.2 Å². The molecule has 1 saturated heterocycles. The summed E-state index contributed by atoms with van der Waals surface area (Å²) in [5.41, 5.74) is -0.676. The maximum absolute atomic E-state index is 12.8. The van der Waals surface area contributed by atoms with E-state index in [0.29, 0.717) is 12.3 Å². The Balaban J connectivity index is 1.76. The van der Waals surface area contributed by atoms with Crippen LogP contribution >= 0.6 is 0 Å². The summed E-state index contributed by atoms with van der Waals surface area (Å²) in [6, 6.07) is 7.12. The molecule has 28 heavy (non-hydrogen) atoms. The van der Waals surface area contributed by atoms with Gasteiger partial charge in [-0.15, -0.1) is 0 Å². The zero-order valence-corrected chi connectivity index (χ0v) is 16.4. The van der Waals surface area contributed by atoms with Gasteiger partial charge in [0.15, 0.2) is 0 Å². The molecule has 154 valence electrons. The van der Waals surface area contributed by atoms with Gasteiger partial charge in [0, 0.05) is 19.1 Å². The van der Waals surface area contributed by atoms with Crippen molar-refractivity contribution in [2.75, 3.05) is 20.2 Å². The third-order valence-electron chi connectivity index (χ3n) is 6.08. The third-order valence-corrected chi connectivity index (χ3v) is 6.08. The smallest absolute Gasteiger partial charge is 0.317 e. The van der Waals surface area contributed by atoms with Gasteiger partial charge in [0.05, 0.1) is 13.2 Å². The molecule has 0 bridgehead atoms. The van der Waals surface area contributed by atoms with Crippen LogP contribution in [0.15, 0.2) is 24.3 Å². The molecule has 2 atom stereocenters. The number of hydrogen-bond donors (Lipinski definition) is 3. The number of methoxy groups -OCH3 is 1. The topological polar surface area (TPSA) is 99.1 Å². The van der Waals surface area contributed by atoms with E-state index in [2.05, 4.69) is 5.32 Å². The number of nitrogens with one attached hydrogen (secondary N) is 1. The largest absolute Gasteiger partial charge is 0.497 e. The summed E-state index contributed by atoms with van der Waals surface area (Å²) in [6.07, 6.45) is 4.71. The van der Waals surface area contributed by atoms with E-state index < -0.39 is 17.5 Å². The van der Waals surface area contributed by atoms with Gasteiger partial charge < -0.3 is 25.2 Å². The highest BCUT2D eigenvalue weighted by Crippen LogP contribution is 2.35. The average molecular weight is 390 g/mol. The fourth-order valence-electron chi connectivity index (χ4n) is 4.37. The van der Waals surface area contributed by atoms with Crippen LogP contribution in [0.2, 0.25) is 0 Å². The summed E-state index contributed by atoms with van der Waals surface area (Å²) in [4.78, 5) is 26.6. The van der Waals surface area contributed by atoms with Crippen molar-refractivity contribution in [1.82, 2.24) is 10.2 Å². The number of carbonyl (C=O) groups is 2. The lowest BCUT2D eigenvalue weighted by Gasteiger charge is -2.43. The highest BCUT2D eigenvalue weighted by Gasteiger charge is 2.50. The van der Waals surface area contributed by atoms with E-state index in [0.717, 1.165) is 31.2 Å². The molecular formula is C21H30N2O5. The van der Waals surface area contributed by atoms with Crippen molar-refractivity contribution in [2.24, 2.45) is 5.41 Å². The molecular weight excluding hydrogens is 360 g/mol. The Morgan fingerprint density at radius 1 is 1.25 bits per heavy atom. The molecule has 1 aliphatic heterocycles. The number of rotatable bonds is 5. The number of aliphatic hydroxyl groups is 1. The lowest BCUT2D eigenvalue weighted by Crippen LogP contribution is -2.60. The lowest BCUT2D eigenvalue weighted by molar-refractivity contribution is -0.161. The van der Waals surface area contributed by atoms with Crippen LogP contribution in [0.4, 0.5) is 4.79 Å². The number of benzene rings is 1. The minimum Gasteiger partial charge on any atom is -0.497 e. The monoisotopic (exact) mass is 390 g/mol. The number of ether oxygens (including phenoxy) is 1. The quantitative estimate of drug-likeness (QED) is 0.717. The summed E-state index contributed by atoms with van der Waals surface area (Å²) in [6.45, 7) is 0.339. The number of hydrogen-bond acceptors (Lipinski definition) is 4. The molecule has 3 rings (SSSR count). The van der Waals surface area contributed by atoms with Crippen LogP contribution in [0.25, 0.3) is 0 Å². The number of carboxylic acid groups (broad SMARTS) is 1. The van der Waals surface area contributed by atoms with E-state index in [4.69, 9.17) is 4.74 Å². The van der Waals surface area contributed by atoms with Crippen LogP contribution in [0.1, 0.15) is 44.1 Å². The summed E-state index contributed by atoms with van der Waals surface area (Å²) in [7, 11) is 1.55. The van der Waals surface area contributed by atoms with Crippen molar-refractivity contribution in [3.05, 3.63) is 29.8 Å². The number of amides is 2. The van der Waals surface area contributed by atoms with Gasteiger partial charge in [-0.05, 0) is 43.4 Å². The third kappa shape index (κ3) is 4.41. The zero-order chi connectivity index (χ0) is 20.1. The Morgan fingerprint density at radius 3 is 2.68 bits per heavy atom. The van der Waals surface area contributed by atoms with E-state index in [1.54, 1.807) is 30.2 Å². The van der Waals surface area contributed by atoms with Crippen LogP contribution in [0, 0.1) is 5.41 Å². The first-order valence-electron chi connectivity index (χ1n) is 10.0. The highest BCUT2D eigenvalue weighted by atomic mass is 16.5. The van der Waals surface area contributed by atoms with Crippen LogP contribution < -0.4 is 10.1 Å². The van der Waals surface area contributed by atoms with Gasteiger partial charge in [0.2, 0.25) is 0 Å². The molecule has 2 aliphatic rings. The van der Waals surface area contributed by atoms with Crippen molar-refractivity contribution in [3.63, 3.8) is 0 Å². The lowest BCUT2D eigenvalue weighted by atomic mass is 9.73. The Bertz CT molecular complexity index is 704. The Morgan fingerprint density at radius 2 is 2.00 bits per heavy atom. The standard InChI is InChI=1S/C21H30N2O5/c1-28-17-9-5-6-15(12-17)13-21(19(25)26)14-23(11-10-18(21)24)20(27)22-16-7-3-2-4-8-16/h5-6,9,12,16,18,24H,2-4,7-8,10-11,13-14H2,1H3,(H,22,27)(H,25,26)/t18-,21-/m1/s1. The predicted octanol–water partition coefficient (Wildman–Crippen LogP) is 2.42. The van der Waals surface area contributed by atoms with Crippen molar-refractivity contribution in [1.29, 1.82) is 0 Å². The van der Waals surface area contributed by atoms with Gasteiger partial charge in [-0.3, -0.25) is 4.79 Å². The summed E-state index contributed by atoms with van der Waals surface area (Å²) in [5, 5.41) is 23.7. The van der Waals surface area contributed by atoms with Crippen molar-refractivity contribution in [2.45, 2.75) is 57.1 Å². The molecule has 2 amide bonds. The highest BCUT2D eigenvalue weighted by molar-refractivity contribution is 5.80. The van der Waals surface area contributed by atoms with E-state index in [9.17, 15) is 19.8 Å². The SMILES string of the molecule is COc1cccc(C[C@@]2(C(=O)O)CN(C(=O)NC3CCCCC3)CC[C@H]2O)c1. The maximum Gasteiger partial charge on any atom is 0.317 e. The molecule has 3 N–H and O–H groups in total. The number of urea groups is 1. The molecule has 1 saturated carbocycles. The minimum atomic E-state index is -1.44. The number of aliphatic hydroxyl groups excluding tert-OH is 1. The van der Waals surface area contributed by atoms with Crippen molar-refractivity contribution < 1.29 is 24.5 Å². The van der Waals surface area contributed by atoms with Crippen LogP contribution in [0.3, 0.4) is 0 Å². The molecule has 1 aromatic rings. The predicted molar refractivity (Wildman–Crippen MR) is 104 cm³/mol. The number of piperidine rings is 1. The molecule has 7 nitrogen and oxygen atoms in total. The molecule has 1 aliphatic carbocycles. The number of carboxylic acids is 1.